The number of imidazole rings is 1. The maximum atomic E-state index is 4.76. The quantitative estimate of drug-likeness (QED) is 0.940. The van der Waals surface area contributed by atoms with Crippen molar-refractivity contribution in [1.82, 2.24) is 25.1 Å². The van der Waals surface area contributed by atoms with E-state index in [1.165, 1.54) is 0 Å². The lowest BCUT2D eigenvalue weighted by atomic mass is 10.2. The van der Waals surface area contributed by atoms with Crippen LogP contribution in [0.5, 0.6) is 0 Å². The molecule has 0 radical (unpaired) electrons. The zero-order chi connectivity index (χ0) is 15.7. The van der Waals surface area contributed by atoms with Gasteiger partial charge in [-0.3, -0.25) is 0 Å². The van der Waals surface area contributed by atoms with Crippen LogP contribution in [0.2, 0.25) is 0 Å². The molecule has 1 N–H and O–H groups in total. The molecule has 1 unspecified atom stereocenters. The fourth-order valence-corrected chi connectivity index (χ4v) is 3.07. The third kappa shape index (κ3) is 2.58. The van der Waals surface area contributed by atoms with Crippen molar-refractivity contribution in [3.8, 4) is 0 Å². The van der Waals surface area contributed by atoms with E-state index in [0.717, 1.165) is 66.8 Å². The molecule has 118 valence electrons. The van der Waals surface area contributed by atoms with Crippen LogP contribution in [0.25, 0.3) is 0 Å². The summed E-state index contributed by atoms with van der Waals surface area (Å²) in [5, 5.41) is 8.75. The normalized spacial score (nSPS) is 18.2. The molecule has 2 aromatic rings. The SMILES string of the molecule is CCc1nnc(N2CCCC2c2nc(C)c(C)[nH]2)nc1CC. The molecule has 0 saturated carbocycles. The van der Waals surface area contributed by atoms with Gasteiger partial charge in [0.15, 0.2) is 0 Å². The Labute approximate surface area is 131 Å². The van der Waals surface area contributed by atoms with Gasteiger partial charge in [0.25, 0.3) is 0 Å². The van der Waals surface area contributed by atoms with E-state index < -0.39 is 0 Å². The molecule has 1 fully saturated rings. The monoisotopic (exact) mass is 300 g/mol. The molecule has 3 rings (SSSR count). The van der Waals surface area contributed by atoms with Gasteiger partial charge in [-0.15, -0.1) is 5.10 Å². The summed E-state index contributed by atoms with van der Waals surface area (Å²) >= 11 is 0. The summed E-state index contributed by atoms with van der Waals surface area (Å²) in [6.07, 6.45) is 3.98. The number of aryl methyl sites for hydroxylation is 4. The molecule has 6 heteroatoms. The zero-order valence-electron chi connectivity index (χ0n) is 13.8. The molecule has 2 aromatic heterocycles. The van der Waals surface area contributed by atoms with Gasteiger partial charge in [0.2, 0.25) is 5.95 Å². The predicted molar refractivity (Wildman–Crippen MR) is 86.0 cm³/mol. The van der Waals surface area contributed by atoms with E-state index in [-0.39, 0.29) is 6.04 Å². The largest absolute Gasteiger partial charge is 0.344 e. The second-order valence-electron chi connectivity index (χ2n) is 5.90. The van der Waals surface area contributed by atoms with Crippen molar-refractivity contribution < 1.29 is 0 Å². The minimum absolute atomic E-state index is 0.228. The van der Waals surface area contributed by atoms with Gasteiger partial charge < -0.3 is 9.88 Å². The highest BCUT2D eigenvalue weighted by molar-refractivity contribution is 5.36. The molecule has 6 nitrogen and oxygen atoms in total. The van der Waals surface area contributed by atoms with E-state index in [1.807, 2.05) is 6.92 Å². The standard InChI is InChI=1S/C16H24N6/c1-5-12-13(6-2)20-21-16(19-12)22-9-7-8-14(22)15-17-10(3)11(4)18-15/h14H,5-9H2,1-4H3,(H,17,18). The van der Waals surface area contributed by atoms with E-state index in [9.17, 15) is 0 Å². The molecular formula is C16H24N6. The van der Waals surface area contributed by atoms with Crippen molar-refractivity contribution in [1.29, 1.82) is 0 Å². The Morgan fingerprint density at radius 3 is 2.50 bits per heavy atom. The van der Waals surface area contributed by atoms with E-state index in [4.69, 9.17) is 4.98 Å². The van der Waals surface area contributed by atoms with Gasteiger partial charge in [0, 0.05) is 12.2 Å². The Morgan fingerprint density at radius 1 is 1.09 bits per heavy atom. The summed E-state index contributed by atoms with van der Waals surface area (Å²) in [6.45, 7) is 9.28. The first-order valence-corrected chi connectivity index (χ1v) is 8.16. The molecule has 0 amide bonds. The highest BCUT2D eigenvalue weighted by Gasteiger charge is 2.31. The Morgan fingerprint density at radius 2 is 1.86 bits per heavy atom. The maximum Gasteiger partial charge on any atom is 0.246 e. The lowest BCUT2D eigenvalue weighted by Gasteiger charge is -2.23. The number of hydrogen-bond donors (Lipinski definition) is 1. The van der Waals surface area contributed by atoms with Crippen LogP contribution >= 0.6 is 0 Å². The second-order valence-corrected chi connectivity index (χ2v) is 5.90. The van der Waals surface area contributed by atoms with E-state index in [0.29, 0.717) is 0 Å². The van der Waals surface area contributed by atoms with Crippen LogP contribution in [0.3, 0.4) is 0 Å². The Balaban J connectivity index is 1.93. The molecule has 0 aliphatic carbocycles. The highest BCUT2D eigenvalue weighted by Crippen LogP contribution is 2.33. The minimum atomic E-state index is 0.228. The molecule has 1 aliphatic rings. The van der Waals surface area contributed by atoms with Crippen LogP contribution < -0.4 is 4.90 Å². The van der Waals surface area contributed by atoms with Gasteiger partial charge in [-0.25, -0.2) is 9.97 Å². The predicted octanol–water partition coefficient (Wildman–Crippen LogP) is 2.68. The summed E-state index contributed by atoms with van der Waals surface area (Å²) in [5.74, 6) is 1.76. The molecule has 0 aromatic carbocycles. The van der Waals surface area contributed by atoms with Gasteiger partial charge in [-0.1, -0.05) is 13.8 Å². The summed E-state index contributed by atoms with van der Waals surface area (Å²) in [5.41, 5.74) is 4.27. The molecule has 0 bridgehead atoms. The van der Waals surface area contributed by atoms with Crippen molar-refractivity contribution in [2.24, 2.45) is 0 Å². The fraction of sp³-hybridized carbons (Fsp3) is 0.625. The summed E-state index contributed by atoms with van der Waals surface area (Å²) < 4.78 is 0. The first-order valence-electron chi connectivity index (χ1n) is 8.16. The average Bonchev–Trinajstić information content (AvgIpc) is 3.14. The van der Waals surface area contributed by atoms with E-state index in [1.54, 1.807) is 0 Å². The Kier molecular flexibility index (Phi) is 4.09. The van der Waals surface area contributed by atoms with Gasteiger partial charge in [0.05, 0.1) is 23.1 Å². The Hall–Kier alpha value is -1.98. The number of anilines is 1. The average molecular weight is 300 g/mol. The van der Waals surface area contributed by atoms with Crippen LogP contribution in [0.15, 0.2) is 0 Å². The topological polar surface area (TPSA) is 70.6 Å². The Bertz CT molecular complexity index is 643. The lowest BCUT2D eigenvalue weighted by Crippen LogP contribution is -2.26. The molecule has 1 saturated heterocycles. The first kappa shape index (κ1) is 14.9. The van der Waals surface area contributed by atoms with Crippen LogP contribution in [0, 0.1) is 13.8 Å². The van der Waals surface area contributed by atoms with Crippen LogP contribution in [0.4, 0.5) is 5.95 Å². The third-order valence-electron chi connectivity index (χ3n) is 4.47. The fourth-order valence-electron chi connectivity index (χ4n) is 3.07. The summed E-state index contributed by atoms with van der Waals surface area (Å²) in [6, 6.07) is 0.228. The zero-order valence-corrected chi connectivity index (χ0v) is 13.8. The number of nitrogens with zero attached hydrogens (tertiary/aromatic N) is 5. The van der Waals surface area contributed by atoms with Crippen LogP contribution in [0.1, 0.15) is 61.3 Å². The minimum Gasteiger partial charge on any atom is -0.344 e. The second kappa shape index (κ2) is 6.02. The number of aromatic amines is 1. The third-order valence-corrected chi connectivity index (χ3v) is 4.47. The molecule has 0 spiro atoms. The van der Waals surface area contributed by atoms with Crippen molar-refractivity contribution >= 4 is 5.95 Å². The number of aromatic nitrogens is 5. The van der Waals surface area contributed by atoms with Crippen molar-refractivity contribution in [2.75, 3.05) is 11.4 Å². The number of nitrogens with one attached hydrogen (secondary N) is 1. The van der Waals surface area contributed by atoms with E-state index >= 15 is 0 Å². The number of hydrogen-bond acceptors (Lipinski definition) is 5. The highest BCUT2D eigenvalue weighted by atomic mass is 15.4. The van der Waals surface area contributed by atoms with Crippen molar-refractivity contribution in [3.05, 3.63) is 28.6 Å². The first-order chi connectivity index (χ1) is 10.6. The van der Waals surface area contributed by atoms with Gasteiger partial charge >= 0.3 is 0 Å². The smallest absolute Gasteiger partial charge is 0.246 e. The number of rotatable bonds is 4. The maximum absolute atomic E-state index is 4.76. The lowest BCUT2D eigenvalue weighted by molar-refractivity contribution is 0.648. The van der Waals surface area contributed by atoms with Crippen molar-refractivity contribution in [3.63, 3.8) is 0 Å². The van der Waals surface area contributed by atoms with Crippen LogP contribution in [-0.4, -0.2) is 31.7 Å². The molecular weight excluding hydrogens is 276 g/mol. The van der Waals surface area contributed by atoms with E-state index in [2.05, 4.69) is 45.8 Å². The molecule has 3 heterocycles. The van der Waals surface area contributed by atoms with Gasteiger partial charge in [-0.05, 0) is 39.5 Å². The number of H-pyrrole nitrogens is 1. The molecule has 1 atom stereocenters. The van der Waals surface area contributed by atoms with Crippen LogP contribution in [-0.2, 0) is 12.8 Å². The van der Waals surface area contributed by atoms with Crippen molar-refractivity contribution in [2.45, 2.75) is 59.4 Å². The summed E-state index contributed by atoms with van der Waals surface area (Å²) in [7, 11) is 0. The van der Waals surface area contributed by atoms with Gasteiger partial charge in [0.1, 0.15) is 5.82 Å². The van der Waals surface area contributed by atoms with Gasteiger partial charge in [-0.2, -0.15) is 5.10 Å². The molecule has 22 heavy (non-hydrogen) atoms. The summed E-state index contributed by atoms with van der Waals surface area (Å²) in [4.78, 5) is 15.1. The molecule has 1 aliphatic heterocycles.